The van der Waals surface area contributed by atoms with E-state index in [-0.39, 0.29) is 0 Å². The van der Waals surface area contributed by atoms with E-state index in [0.717, 1.165) is 11.3 Å². The SMILES string of the molecule is CC(C)(C)OC(=O)NNCc1n[nH]nc1-c1ccccc1. The fourth-order valence-corrected chi connectivity index (χ4v) is 1.71. The number of carbonyl (C=O) groups is 1. The van der Waals surface area contributed by atoms with Crippen LogP contribution in [0.4, 0.5) is 4.79 Å². The number of nitrogens with one attached hydrogen (secondary N) is 3. The molecule has 112 valence electrons. The number of hydrogen-bond donors (Lipinski definition) is 3. The molecule has 0 aliphatic carbocycles. The fraction of sp³-hybridized carbons (Fsp3) is 0.357. The second kappa shape index (κ2) is 6.36. The number of hydrazine groups is 1. The van der Waals surface area contributed by atoms with Gasteiger partial charge >= 0.3 is 6.09 Å². The number of H-pyrrole nitrogens is 1. The number of ether oxygens (including phenoxy) is 1. The molecule has 2 aromatic rings. The van der Waals surface area contributed by atoms with Gasteiger partial charge in [-0.05, 0) is 20.8 Å². The number of nitrogens with zero attached hydrogens (tertiary/aromatic N) is 2. The lowest BCUT2D eigenvalue weighted by molar-refractivity contribution is 0.0497. The maximum Gasteiger partial charge on any atom is 0.422 e. The molecule has 7 heteroatoms. The molecule has 0 radical (unpaired) electrons. The molecule has 0 saturated heterocycles. The van der Waals surface area contributed by atoms with E-state index in [0.29, 0.717) is 12.2 Å². The normalized spacial score (nSPS) is 11.2. The molecule has 2 rings (SSSR count). The van der Waals surface area contributed by atoms with Gasteiger partial charge in [0.15, 0.2) is 0 Å². The summed E-state index contributed by atoms with van der Waals surface area (Å²) in [5.74, 6) is 0. The third-order valence-electron chi connectivity index (χ3n) is 2.51. The first kappa shape index (κ1) is 15.0. The second-order valence-electron chi connectivity index (χ2n) is 5.47. The van der Waals surface area contributed by atoms with E-state index in [1.54, 1.807) is 20.8 Å². The van der Waals surface area contributed by atoms with Crippen molar-refractivity contribution in [2.24, 2.45) is 0 Å². The highest BCUT2D eigenvalue weighted by Gasteiger charge is 2.16. The Hall–Kier alpha value is -2.41. The summed E-state index contributed by atoms with van der Waals surface area (Å²) in [5.41, 5.74) is 7.11. The average Bonchev–Trinajstić information content (AvgIpc) is 2.86. The molecule has 0 atom stereocenters. The Labute approximate surface area is 123 Å². The first-order valence-electron chi connectivity index (χ1n) is 6.62. The zero-order chi connectivity index (χ0) is 15.3. The molecule has 1 aromatic heterocycles. The van der Waals surface area contributed by atoms with Crippen LogP contribution in [0.3, 0.4) is 0 Å². The zero-order valence-electron chi connectivity index (χ0n) is 12.3. The maximum atomic E-state index is 11.5. The van der Waals surface area contributed by atoms with Crippen molar-refractivity contribution in [1.29, 1.82) is 0 Å². The molecule has 0 fully saturated rings. The van der Waals surface area contributed by atoms with Gasteiger partial charge in [-0.3, -0.25) is 5.43 Å². The topological polar surface area (TPSA) is 91.9 Å². The van der Waals surface area contributed by atoms with Crippen LogP contribution >= 0.6 is 0 Å². The molecule has 1 heterocycles. The smallest absolute Gasteiger partial charge is 0.422 e. The molecular weight excluding hydrogens is 270 g/mol. The van der Waals surface area contributed by atoms with Crippen molar-refractivity contribution < 1.29 is 9.53 Å². The lowest BCUT2D eigenvalue weighted by Gasteiger charge is -2.19. The Balaban J connectivity index is 1.91. The van der Waals surface area contributed by atoms with E-state index < -0.39 is 11.7 Å². The van der Waals surface area contributed by atoms with Gasteiger partial charge in [-0.1, -0.05) is 30.3 Å². The molecule has 1 amide bonds. The Morgan fingerprint density at radius 3 is 2.62 bits per heavy atom. The quantitative estimate of drug-likeness (QED) is 0.749. The van der Waals surface area contributed by atoms with Crippen LogP contribution in [0.2, 0.25) is 0 Å². The van der Waals surface area contributed by atoms with E-state index in [4.69, 9.17) is 4.74 Å². The molecule has 0 aliphatic rings. The van der Waals surface area contributed by atoms with Crippen LogP contribution in [0, 0.1) is 0 Å². The molecule has 0 spiro atoms. The number of hydrogen-bond acceptors (Lipinski definition) is 5. The summed E-state index contributed by atoms with van der Waals surface area (Å²) in [7, 11) is 0. The highest BCUT2D eigenvalue weighted by atomic mass is 16.6. The Morgan fingerprint density at radius 2 is 1.95 bits per heavy atom. The van der Waals surface area contributed by atoms with Crippen LogP contribution in [0.15, 0.2) is 30.3 Å². The van der Waals surface area contributed by atoms with Crippen molar-refractivity contribution in [3.05, 3.63) is 36.0 Å². The van der Waals surface area contributed by atoms with Gasteiger partial charge in [0.25, 0.3) is 0 Å². The minimum Gasteiger partial charge on any atom is -0.443 e. The maximum absolute atomic E-state index is 11.5. The van der Waals surface area contributed by atoms with Gasteiger partial charge in [-0.25, -0.2) is 10.2 Å². The molecule has 0 unspecified atom stereocenters. The third-order valence-corrected chi connectivity index (χ3v) is 2.51. The number of aromatic amines is 1. The summed E-state index contributed by atoms with van der Waals surface area (Å²) in [6.07, 6.45) is -0.535. The number of amides is 1. The lowest BCUT2D eigenvalue weighted by Crippen LogP contribution is -2.40. The Bertz CT molecular complexity index is 589. The van der Waals surface area contributed by atoms with Gasteiger partial charge < -0.3 is 4.74 Å². The van der Waals surface area contributed by atoms with E-state index in [1.807, 2.05) is 30.3 Å². The standard InChI is InChI=1S/C14H19N5O2/c1-14(2,3)21-13(20)18-15-9-11-12(17-19-16-11)10-7-5-4-6-8-10/h4-8,15H,9H2,1-3H3,(H,18,20)(H,16,17,19). The Morgan fingerprint density at radius 1 is 1.24 bits per heavy atom. The predicted molar refractivity (Wildman–Crippen MR) is 78.0 cm³/mol. The van der Waals surface area contributed by atoms with Crippen LogP contribution in [0.25, 0.3) is 11.3 Å². The third kappa shape index (κ3) is 4.57. The van der Waals surface area contributed by atoms with Crippen molar-refractivity contribution >= 4 is 6.09 Å². The first-order valence-corrected chi connectivity index (χ1v) is 6.62. The highest BCUT2D eigenvalue weighted by molar-refractivity contribution is 5.67. The minimum atomic E-state index is -0.535. The van der Waals surface area contributed by atoms with E-state index >= 15 is 0 Å². The van der Waals surface area contributed by atoms with Crippen molar-refractivity contribution in [2.45, 2.75) is 32.9 Å². The Kier molecular flexibility index (Phi) is 4.54. The molecule has 0 bridgehead atoms. The summed E-state index contributed by atoms with van der Waals surface area (Å²) in [6.45, 7) is 5.74. The van der Waals surface area contributed by atoms with Crippen molar-refractivity contribution in [3.8, 4) is 11.3 Å². The van der Waals surface area contributed by atoms with Crippen LogP contribution in [-0.4, -0.2) is 27.1 Å². The van der Waals surface area contributed by atoms with E-state index in [2.05, 4.69) is 26.3 Å². The molecular formula is C14H19N5O2. The zero-order valence-corrected chi connectivity index (χ0v) is 12.3. The number of carbonyl (C=O) groups excluding carboxylic acids is 1. The fourth-order valence-electron chi connectivity index (χ4n) is 1.71. The monoisotopic (exact) mass is 289 g/mol. The highest BCUT2D eigenvalue weighted by Crippen LogP contribution is 2.18. The minimum absolute atomic E-state index is 0.333. The van der Waals surface area contributed by atoms with Crippen LogP contribution in [-0.2, 0) is 11.3 Å². The molecule has 21 heavy (non-hydrogen) atoms. The molecule has 0 saturated carbocycles. The van der Waals surface area contributed by atoms with E-state index in [1.165, 1.54) is 0 Å². The largest absolute Gasteiger partial charge is 0.443 e. The first-order chi connectivity index (χ1) is 9.96. The van der Waals surface area contributed by atoms with Gasteiger partial charge in [0.1, 0.15) is 17.0 Å². The lowest BCUT2D eigenvalue weighted by atomic mass is 10.1. The summed E-state index contributed by atoms with van der Waals surface area (Å²) < 4.78 is 5.12. The van der Waals surface area contributed by atoms with Gasteiger partial charge in [0.2, 0.25) is 0 Å². The van der Waals surface area contributed by atoms with Crippen LogP contribution in [0.1, 0.15) is 26.5 Å². The van der Waals surface area contributed by atoms with Crippen molar-refractivity contribution in [1.82, 2.24) is 26.3 Å². The summed E-state index contributed by atoms with van der Waals surface area (Å²) in [6, 6.07) is 9.69. The molecule has 7 nitrogen and oxygen atoms in total. The predicted octanol–water partition coefficient (Wildman–Crippen LogP) is 2.00. The number of aromatic nitrogens is 3. The van der Waals surface area contributed by atoms with Gasteiger partial charge in [0.05, 0.1) is 6.54 Å². The van der Waals surface area contributed by atoms with Crippen LogP contribution in [0.5, 0.6) is 0 Å². The summed E-state index contributed by atoms with van der Waals surface area (Å²) in [4.78, 5) is 11.5. The number of benzene rings is 1. The van der Waals surface area contributed by atoms with E-state index in [9.17, 15) is 4.79 Å². The summed E-state index contributed by atoms with van der Waals surface area (Å²) >= 11 is 0. The molecule has 3 N–H and O–H groups in total. The number of rotatable bonds is 4. The summed E-state index contributed by atoms with van der Waals surface area (Å²) in [5, 5.41) is 10.8. The van der Waals surface area contributed by atoms with Crippen molar-refractivity contribution in [2.75, 3.05) is 0 Å². The van der Waals surface area contributed by atoms with Gasteiger partial charge in [-0.2, -0.15) is 15.4 Å². The second-order valence-corrected chi connectivity index (χ2v) is 5.47. The average molecular weight is 289 g/mol. The molecule has 0 aliphatic heterocycles. The molecule has 1 aromatic carbocycles. The van der Waals surface area contributed by atoms with Gasteiger partial charge in [0, 0.05) is 5.56 Å². The van der Waals surface area contributed by atoms with Crippen molar-refractivity contribution in [3.63, 3.8) is 0 Å². The van der Waals surface area contributed by atoms with Gasteiger partial charge in [-0.15, -0.1) is 0 Å². The van der Waals surface area contributed by atoms with Crippen LogP contribution < -0.4 is 10.9 Å².